The van der Waals surface area contributed by atoms with Gasteiger partial charge in [0.2, 0.25) is 5.95 Å². The topological polar surface area (TPSA) is 37.8 Å². The minimum atomic E-state index is -0.396. The Balaban J connectivity index is 1.82. The Bertz CT molecular complexity index is 285. The van der Waals surface area contributed by atoms with E-state index in [1.54, 1.807) is 0 Å². The summed E-state index contributed by atoms with van der Waals surface area (Å²) in [5.41, 5.74) is 0. The molecule has 1 atom stereocenters. The second kappa shape index (κ2) is 4.59. The summed E-state index contributed by atoms with van der Waals surface area (Å²) in [6.07, 6.45) is 3.61. The van der Waals surface area contributed by atoms with Crippen LogP contribution in [-0.4, -0.2) is 28.0 Å². The average Bonchev–Trinajstić information content (AvgIpc) is 2.70. The maximum absolute atomic E-state index is 12.5. The Morgan fingerprint density at radius 1 is 1.50 bits per heavy atom. The molecule has 0 amide bonds. The van der Waals surface area contributed by atoms with Crippen LogP contribution in [0.5, 0.6) is 0 Å². The lowest BCUT2D eigenvalue weighted by Gasteiger charge is -2.08. The third kappa shape index (κ3) is 2.57. The van der Waals surface area contributed by atoms with Gasteiger partial charge in [-0.05, 0) is 23.8 Å². The van der Waals surface area contributed by atoms with Crippen LogP contribution in [0.2, 0.25) is 0 Å². The third-order valence-corrected chi connectivity index (χ3v) is 3.42. The van der Waals surface area contributed by atoms with Crippen molar-refractivity contribution in [3.63, 3.8) is 0 Å². The van der Waals surface area contributed by atoms with Crippen LogP contribution in [0.3, 0.4) is 0 Å². The molecule has 1 N–H and O–H groups in total. The number of hydrogen-bond acceptors (Lipinski definition) is 4. The summed E-state index contributed by atoms with van der Waals surface area (Å²) in [4.78, 5) is 7.67. The highest BCUT2D eigenvalue weighted by molar-refractivity contribution is 7.99. The van der Waals surface area contributed by atoms with Gasteiger partial charge >= 0.3 is 0 Å². The first kappa shape index (κ1) is 9.71. The Kier molecular flexibility index (Phi) is 3.18. The normalized spacial score (nSPS) is 21.1. The highest BCUT2D eigenvalue weighted by Crippen LogP contribution is 2.23. The van der Waals surface area contributed by atoms with Gasteiger partial charge in [0.25, 0.3) is 0 Å². The van der Waals surface area contributed by atoms with Gasteiger partial charge in [0, 0.05) is 6.54 Å². The van der Waals surface area contributed by atoms with E-state index in [0.29, 0.717) is 11.9 Å². The number of thioether (sulfide) groups is 1. The zero-order valence-corrected chi connectivity index (χ0v) is 8.56. The quantitative estimate of drug-likeness (QED) is 0.830. The van der Waals surface area contributed by atoms with Crippen molar-refractivity contribution in [2.75, 3.05) is 23.4 Å². The van der Waals surface area contributed by atoms with E-state index < -0.39 is 5.82 Å². The van der Waals surface area contributed by atoms with E-state index in [0.717, 1.165) is 6.54 Å². The molecule has 5 heteroatoms. The van der Waals surface area contributed by atoms with Crippen LogP contribution in [0.25, 0.3) is 0 Å². The molecule has 0 saturated carbocycles. The fourth-order valence-corrected chi connectivity index (χ4v) is 2.67. The SMILES string of the molecule is Fc1cnc(NCC2CCSC2)nc1. The van der Waals surface area contributed by atoms with Crippen molar-refractivity contribution < 1.29 is 4.39 Å². The maximum Gasteiger partial charge on any atom is 0.222 e. The van der Waals surface area contributed by atoms with Crippen molar-refractivity contribution in [1.82, 2.24) is 9.97 Å². The van der Waals surface area contributed by atoms with Crippen LogP contribution >= 0.6 is 11.8 Å². The highest BCUT2D eigenvalue weighted by atomic mass is 32.2. The van der Waals surface area contributed by atoms with Crippen molar-refractivity contribution in [2.24, 2.45) is 5.92 Å². The van der Waals surface area contributed by atoms with Gasteiger partial charge in [0.15, 0.2) is 5.82 Å². The molecule has 1 fully saturated rings. The molecule has 0 spiro atoms. The molecule has 14 heavy (non-hydrogen) atoms. The van der Waals surface area contributed by atoms with Crippen LogP contribution in [0, 0.1) is 11.7 Å². The summed E-state index contributed by atoms with van der Waals surface area (Å²) in [6.45, 7) is 0.888. The molecule has 1 unspecified atom stereocenters. The van der Waals surface area contributed by atoms with E-state index in [1.807, 2.05) is 11.8 Å². The predicted octanol–water partition coefficient (Wildman–Crippen LogP) is 1.78. The molecule has 2 rings (SSSR count). The molecule has 0 bridgehead atoms. The first-order valence-electron chi connectivity index (χ1n) is 4.64. The average molecular weight is 213 g/mol. The molecule has 76 valence electrons. The Labute approximate surface area is 86.5 Å². The number of hydrogen-bond donors (Lipinski definition) is 1. The summed E-state index contributed by atoms with van der Waals surface area (Å²) in [5, 5.41) is 3.11. The first-order chi connectivity index (χ1) is 6.84. The minimum Gasteiger partial charge on any atom is -0.354 e. The number of rotatable bonds is 3. The largest absolute Gasteiger partial charge is 0.354 e. The Morgan fingerprint density at radius 2 is 2.29 bits per heavy atom. The first-order valence-corrected chi connectivity index (χ1v) is 5.79. The molecule has 2 heterocycles. The smallest absolute Gasteiger partial charge is 0.222 e. The molecule has 1 aliphatic heterocycles. The molecular formula is C9H12FN3S. The van der Waals surface area contributed by atoms with Crippen molar-refractivity contribution in [1.29, 1.82) is 0 Å². The zero-order valence-electron chi connectivity index (χ0n) is 7.74. The Morgan fingerprint density at radius 3 is 2.93 bits per heavy atom. The van der Waals surface area contributed by atoms with Gasteiger partial charge in [0.05, 0.1) is 12.4 Å². The van der Waals surface area contributed by atoms with E-state index in [2.05, 4.69) is 15.3 Å². The highest BCUT2D eigenvalue weighted by Gasteiger charge is 2.15. The molecule has 1 aromatic rings. The van der Waals surface area contributed by atoms with Crippen LogP contribution in [0.15, 0.2) is 12.4 Å². The van der Waals surface area contributed by atoms with Gasteiger partial charge in [0.1, 0.15) is 0 Å². The number of nitrogens with one attached hydrogen (secondary N) is 1. The second-order valence-corrected chi connectivity index (χ2v) is 4.49. The number of halogens is 1. The van der Waals surface area contributed by atoms with E-state index in [1.165, 1.54) is 30.3 Å². The van der Waals surface area contributed by atoms with Crippen molar-refractivity contribution in [3.05, 3.63) is 18.2 Å². The third-order valence-electron chi connectivity index (χ3n) is 2.19. The number of aromatic nitrogens is 2. The van der Waals surface area contributed by atoms with Gasteiger partial charge in [-0.3, -0.25) is 0 Å². The summed E-state index contributed by atoms with van der Waals surface area (Å²) in [5.74, 6) is 3.27. The molecule has 0 aliphatic carbocycles. The number of anilines is 1. The number of nitrogens with zero attached hydrogens (tertiary/aromatic N) is 2. The van der Waals surface area contributed by atoms with Crippen molar-refractivity contribution >= 4 is 17.7 Å². The molecule has 1 aliphatic rings. The fraction of sp³-hybridized carbons (Fsp3) is 0.556. The van der Waals surface area contributed by atoms with Crippen LogP contribution < -0.4 is 5.32 Å². The van der Waals surface area contributed by atoms with E-state index in [9.17, 15) is 4.39 Å². The molecule has 1 saturated heterocycles. The molecule has 0 aromatic carbocycles. The van der Waals surface area contributed by atoms with Crippen LogP contribution in [-0.2, 0) is 0 Å². The van der Waals surface area contributed by atoms with Crippen molar-refractivity contribution in [3.8, 4) is 0 Å². The van der Waals surface area contributed by atoms with Gasteiger partial charge in [-0.2, -0.15) is 11.8 Å². The second-order valence-electron chi connectivity index (χ2n) is 3.34. The fourth-order valence-electron chi connectivity index (χ4n) is 1.38. The van der Waals surface area contributed by atoms with E-state index in [-0.39, 0.29) is 0 Å². The lowest BCUT2D eigenvalue weighted by atomic mass is 10.1. The zero-order chi connectivity index (χ0) is 9.80. The van der Waals surface area contributed by atoms with Crippen LogP contribution in [0.1, 0.15) is 6.42 Å². The standard InChI is InChI=1S/C9H12FN3S/c10-8-4-12-9(13-5-8)11-3-7-1-2-14-6-7/h4-5,7H,1-3,6H2,(H,11,12,13). The molecule has 1 aromatic heterocycles. The summed E-state index contributed by atoms with van der Waals surface area (Å²) in [6, 6.07) is 0. The van der Waals surface area contributed by atoms with Gasteiger partial charge < -0.3 is 5.32 Å². The summed E-state index contributed by atoms with van der Waals surface area (Å²) < 4.78 is 12.5. The van der Waals surface area contributed by atoms with Crippen molar-refractivity contribution in [2.45, 2.75) is 6.42 Å². The minimum absolute atomic E-state index is 0.396. The van der Waals surface area contributed by atoms with E-state index in [4.69, 9.17) is 0 Å². The monoisotopic (exact) mass is 213 g/mol. The summed E-state index contributed by atoms with van der Waals surface area (Å²) >= 11 is 1.98. The van der Waals surface area contributed by atoms with Gasteiger partial charge in [-0.1, -0.05) is 0 Å². The molecule has 0 radical (unpaired) electrons. The Hall–Kier alpha value is -0.840. The lowest BCUT2D eigenvalue weighted by molar-refractivity contribution is 0.609. The van der Waals surface area contributed by atoms with Gasteiger partial charge in [-0.25, -0.2) is 14.4 Å². The van der Waals surface area contributed by atoms with Gasteiger partial charge in [-0.15, -0.1) is 0 Å². The lowest BCUT2D eigenvalue weighted by Crippen LogP contribution is -2.15. The predicted molar refractivity (Wildman–Crippen MR) is 55.9 cm³/mol. The van der Waals surface area contributed by atoms with Crippen LogP contribution in [0.4, 0.5) is 10.3 Å². The van der Waals surface area contributed by atoms with E-state index >= 15 is 0 Å². The molecular weight excluding hydrogens is 201 g/mol. The summed E-state index contributed by atoms with van der Waals surface area (Å²) in [7, 11) is 0. The maximum atomic E-state index is 12.5. The molecule has 3 nitrogen and oxygen atoms in total.